The van der Waals surface area contributed by atoms with Gasteiger partial charge in [-0.25, -0.2) is 0 Å². The Morgan fingerprint density at radius 3 is 2.39 bits per heavy atom. The lowest BCUT2D eigenvalue weighted by molar-refractivity contribution is 0.542. The zero-order valence-corrected chi connectivity index (χ0v) is 13.2. The van der Waals surface area contributed by atoms with Crippen LogP contribution in [0.25, 0.3) is 27.8 Å². The van der Waals surface area contributed by atoms with E-state index < -0.39 is 0 Å². The van der Waals surface area contributed by atoms with Gasteiger partial charge in [0.2, 0.25) is 0 Å². The molecule has 0 aliphatic heterocycles. The molecular weight excluding hydrogens is 288 g/mol. The van der Waals surface area contributed by atoms with E-state index in [1.165, 1.54) is 0 Å². The molecule has 2 aromatic carbocycles. The number of benzene rings is 2. The van der Waals surface area contributed by atoms with E-state index in [4.69, 9.17) is 5.10 Å². The molecule has 0 fully saturated rings. The molecule has 0 amide bonds. The van der Waals surface area contributed by atoms with E-state index >= 15 is 0 Å². The molecule has 2 heterocycles. The molecule has 6 nitrogen and oxygen atoms in total. The minimum absolute atomic E-state index is 0.865. The van der Waals surface area contributed by atoms with Crippen molar-refractivity contribution in [3.63, 3.8) is 0 Å². The van der Waals surface area contributed by atoms with E-state index in [1.54, 1.807) is 0 Å². The molecule has 0 spiro atoms. The molecule has 4 aromatic rings. The van der Waals surface area contributed by atoms with E-state index in [1.807, 2.05) is 51.9 Å². The minimum Gasteiger partial charge on any atom is -0.295 e. The van der Waals surface area contributed by atoms with Gasteiger partial charge >= 0.3 is 0 Å². The number of fused-ring (bicyclic) bond motifs is 2. The van der Waals surface area contributed by atoms with Crippen molar-refractivity contribution in [3.8, 4) is 5.82 Å². The summed E-state index contributed by atoms with van der Waals surface area (Å²) in [4.78, 5) is 1.95. The zero-order chi connectivity index (χ0) is 15.8. The summed E-state index contributed by atoms with van der Waals surface area (Å²) in [6.07, 6.45) is 0. The third-order valence-electron chi connectivity index (χ3n) is 4.09. The average Bonchev–Trinajstić information content (AvgIpc) is 3.17. The Kier molecular flexibility index (Phi) is 3.22. The van der Waals surface area contributed by atoms with Crippen LogP contribution in [0, 0.1) is 0 Å². The lowest BCUT2D eigenvalue weighted by Gasteiger charge is -2.22. The Morgan fingerprint density at radius 2 is 1.61 bits per heavy atom. The van der Waals surface area contributed by atoms with E-state index in [0.717, 1.165) is 40.8 Å². The molecule has 23 heavy (non-hydrogen) atoms. The maximum Gasteiger partial charge on any atom is 0.185 e. The first-order valence-electron chi connectivity index (χ1n) is 7.87. The largest absolute Gasteiger partial charge is 0.295 e. The number of hydrogen-bond acceptors (Lipinski definition) is 4. The lowest BCUT2D eigenvalue weighted by atomic mass is 10.2. The fourth-order valence-electron chi connectivity index (χ4n) is 2.92. The summed E-state index contributed by atoms with van der Waals surface area (Å²) in [5.74, 6) is 0.929. The number of rotatable bonds is 4. The second kappa shape index (κ2) is 5.39. The van der Waals surface area contributed by atoms with Crippen LogP contribution in [0.1, 0.15) is 13.8 Å². The molecule has 6 heteroatoms. The van der Waals surface area contributed by atoms with Gasteiger partial charge in [0.15, 0.2) is 5.82 Å². The minimum atomic E-state index is 0.865. The third kappa shape index (κ3) is 2.06. The summed E-state index contributed by atoms with van der Waals surface area (Å²) in [5, 5.41) is 16.7. The quantitative estimate of drug-likeness (QED) is 0.582. The van der Waals surface area contributed by atoms with E-state index in [9.17, 15) is 0 Å². The third-order valence-corrected chi connectivity index (χ3v) is 4.09. The molecule has 0 N–H and O–H groups in total. The van der Waals surface area contributed by atoms with E-state index in [0.29, 0.717) is 0 Å². The zero-order valence-electron chi connectivity index (χ0n) is 13.2. The van der Waals surface area contributed by atoms with Gasteiger partial charge in [0.05, 0.1) is 11.0 Å². The summed E-state index contributed by atoms with van der Waals surface area (Å²) < 4.78 is 1.88. The molecule has 0 saturated heterocycles. The van der Waals surface area contributed by atoms with Crippen LogP contribution in [0.3, 0.4) is 0 Å². The summed E-state index contributed by atoms with van der Waals surface area (Å²) in [6, 6.07) is 16.1. The molecule has 0 atom stereocenters. The van der Waals surface area contributed by atoms with Gasteiger partial charge in [-0.05, 0) is 38.1 Å². The number of aromatic nitrogens is 5. The van der Waals surface area contributed by atoms with Gasteiger partial charge in [-0.15, -0.1) is 5.10 Å². The standard InChI is InChI=1S/C17H18N6/c1-3-21(4-2)23-17(13-9-5-6-10-14(13)19-23)22-16-12-8-7-11-15(16)18-20-22/h5-12H,3-4H2,1-2H3. The van der Waals surface area contributed by atoms with Crippen LogP contribution in [0.2, 0.25) is 0 Å². The second-order valence-electron chi connectivity index (χ2n) is 5.36. The van der Waals surface area contributed by atoms with Crippen LogP contribution < -0.4 is 5.01 Å². The van der Waals surface area contributed by atoms with E-state index in [-0.39, 0.29) is 0 Å². The Balaban J connectivity index is 2.06. The maximum absolute atomic E-state index is 4.77. The van der Waals surface area contributed by atoms with Crippen molar-refractivity contribution < 1.29 is 0 Å². The first kappa shape index (κ1) is 13.8. The molecule has 0 aliphatic carbocycles. The Labute approximate surface area is 133 Å². The van der Waals surface area contributed by atoms with Crippen LogP contribution >= 0.6 is 0 Å². The second-order valence-corrected chi connectivity index (χ2v) is 5.36. The Hall–Kier alpha value is -2.89. The van der Waals surface area contributed by atoms with Gasteiger partial charge < -0.3 is 0 Å². The van der Waals surface area contributed by atoms with Crippen LogP contribution in [-0.4, -0.2) is 38.0 Å². The first-order valence-corrected chi connectivity index (χ1v) is 7.87. The molecule has 0 bridgehead atoms. The number of nitrogens with zero attached hydrogens (tertiary/aromatic N) is 6. The monoisotopic (exact) mass is 306 g/mol. The van der Waals surface area contributed by atoms with Gasteiger partial charge in [0.25, 0.3) is 0 Å². The van der Waals surface area contributed by atoms with Gasteiger partial charge in [-0.3, -0.25) is 5.01 Å². The highest BCUT2D eigenvalue weighted by atomic mass is 15.7. The van der Waals surface area contributed by atoms with Crippen molar-refractivity contribution in [2.45, 2.75) is 13.8 Å². The molecular formula is C17H18N6. The predicted octanol–water partition coefficient (Wildman–Crippen LogP) is 2.75. The van der Waals surface area contributed by atoms with Gasteiger partial charge in [-0.1, -0.05) is 29.5 Å². The van der Waals surface area contributed by atoms with Crippen molar-refractivity contribution in [3.05, 3.63) is 48.5 Å². The molecule has 2 aromatic heterocycles. The SMILES string of the molecule is CCN(CC)n1nc2ccccc2c1-n1nnc2ccccc21. The summed E-state index contributed by atoms with van der Waals surface area (Å²) in [7, 11) is 0. The van der Waals surface area contributed by atoms with Crippen LogP contribution in [0.4, 0.5) is 0 Å². The van der Waals surface area contributed by atoms with Crippen LogP contribution in [-0.2, 0) is 0 Å². The van der Waals surface area contributed by atoms with Crippen LogP contribution in [0.15, 0.2) is 48.5 Å². The summed E-state index contributed by atoms with van der Waals surface area (Å²) in [6.45, 7) is 5.98. The highest BCUT2D eigenvalue weighted by Crippen LogP contribution is 2.24. The highest BCUT2D eigenvalue weighted by molar-refractivity contribution is 5.88. The topological polar surface area (TPSA) is 51.8 Å². The van der Waals surface area contributed by atoms with E-state index in [2.05, 4.69) is 35.2 Å². The highest BCUT2D eigenvalue weighted by Gasteiger charge is 2.19. The number of hydrogen-bond donors (Lipinski definition) is 0. The van der Waals surface area contributed by atoms with Gasteiger partial charge in [0, 0.05) is 18.5 Å². The number of para-hydroxylation sites is 1. The fraction of sp³-hybridized carbons (Fsp3) is 0.235. The lowest BCUT2D eigenvalue weighted by Crippen LogP contribution is -2.36. The normalized spacial score (nSPS) is 11.4. The Bertz CT molecular complexity index is 963. The van der Waals surface area contributed by atoms with Crippen molar-refractivity contribution in [1.29, 1.82) is 0 Å². The molecule has 0 unspecified atom stereocenters. The van der Waals surface area contributed by atoms with Crippen molar-refractivity contribution in [2.75, 3.05) is 18.1 Å². The molecule has 0 saturated carbocycles. The molecule has 116 valence electrons. The molecule has 0 aliphatic rings. The van der Waals surface area contributed by atoms with Crippen molar-refractivity contribution >= 4 is 21.9 Å². The predicted molar refractivity (Wildman–Crippen MR) is 91.5 cm³/mol. The summed E-state index contributed by atoms with van der Waals surface area (Å²) >= 11 is 0. The first-order chi connectivity index (χ1) is 11.3. The molecule has 4 rings (SSSR count). The van der Waals surface area contributed by atoms with Crippen LogP contribution in [0.5, 0.6) is 0 Å². The van der Waals surface area contributed by atoms with Crippen molar-refractivity contribution in [1.82, 2.24) is 24.9 Å². The average molecular weight is 306 g/mol. The summed E-state index contributed by atoms with van der Waals surface area (Å²) in [5.41, 5.74) is 2.81. The maximum atomic E-state index is 4.77. The Morgan fingerprint density at radius 1 is 0.913 bits per heavy atom. The van der Waals surface area contributed by atoms with Gasteiger partial charge in [-0.2, -0.15) is 14.6 Å². The van der Waals surface area contributed by atoms with Crippen molar-refractivity contribution in [2.24, 2.45) is 0 Å². The smallest absolute Gasteiger partial charge is 0.185 e. The fourth-order valence-corrected chi connectivity index (χ4v) is 2.92. The molecule has 0 radical (unpaired) electrons. The van der Waals surface area contributed by atoms with Gasteiger partial charge in [0.1, 0.15) is 5.52 Å².